The molecular weight excluding hydrogens is 547 g/mol. The van der Waals surface area contributed by atoms with E-state index in [0.717, 1.165) is 12.6 Å². The number of halogens is 7. The minimum absolute atomic E-state index is 0.0229. The van der Waals surface area contributed by atoms with Gasteiger partial charge in [-0.05, 0) is 67.1 Å². The third-order valence-corrected chi connectivity index (χ3v) is 6.91. The number of alkyl halides is 6. The Morgan fingerprint density at radius 3 is 2.48 bits per heavy atom. The summed E-state index contributed by atoms with van der Waals surface area (Å²) in [5, 5.41) is 5.23. The van der Waals surface area contributed by atoms with Crippen LogP contribution in [0.1, 0.15) is 47.9 Å². The molecule has 2 atom stereocenters. The maximum absolute atomic E-state index is 14.9. The van der Waals surface area contributed by atoms with Crippen LogP contribution >= 0.6 is 0 Å². The molecule has 0 spiro atoms. The van der Waals surface area contributed by atoms with Gasteiger partial charge in [-0.25, -0.2) is 19.5 Å². The molecule has 3 heterocycles. The SMILES string of the molecule is O=c1[nH]ncc(O[C@H]2CCC[C@@H](CN3C=Cc4cc(-c5ncc(C(F)(F)F)cn5)c(F)cc4C3)C2)c1C(F)(F)F. The van der Waals surface area contributed by atoms with E-state index >= 15 is 0 Å². The Kier molecular flexibility index (Phi) is 7.27. The van der Waals surface area contributed by atoms with E-state index in [1.165, 1.54) is 12.1 Å². The number of nitrogens with zero attached hydrogens (tertiary/aromatic N) is 4. The van der Waals surface area contributed by atoms with Crippen LogP contribution in [0.2, 0.25) is 0 Å². The predicted molar refractivity (Wildman–Crippen MR) is 128 cm³/mol. The lowest BCUT2D eigenvalue weighted by atomic mass is 9.86. The van der Waals surface area contributed by atoms with Crippen molar-refractivity contribution >= 4 is 6.08 Å². The first-order valence-corrected chi connectivity index (χ1v) is 12.3. The van der Waals surface area contributed by atoms with Crippen LogP contribution in [0.3, 0.4) is 0 Å². The second-order valence-electron chi connectivity index (χ2n) is 9.78. The number of aromatic nitrogens is 4. The third kappa shape index (κ3) is 5.94. The molecule has 1 aliphatic carbocycles. The van der Waals surface area contributed by atoms with Gasteiger partial charge in [0.15, 0.2) is 17.1 Å². The van der Waals surface area contributed by atoms with Gasteiger partial charge in [0.05, 0.1) is 23.4 Å². The van der Waals surface area contributed by atoms with Gasteiger partial charge in [0.1, 0.15) is 5.82 Å². The zero-order chi connectivity index (χ0) is 28.7. The molecule has 0 saturated heterocycles. The van der Waals surface area contributed by atoms with Crippen LogP contribution < -0.4 is 10.3 Å². The lowest BCUT2D eigenvalue weighted by Gasteiger charge is -2.34. The van der Waals surface area contributed by atoms with Gasteiger partial charge in [0.2, 0.25) is 0 Å². The van der Waals surface area contributed by atoms with Crippen LogP contribution in [0.15, 0.2) is 41.7 Å². The van der Waals surface area contributed by atoms with E-state index in [2.05, 4.69) is 15.1 Å². The quantitative estimate of drug-likeness (QED) is 0.390. The first-order chi connectivity index (χ1) is 18.9. The van der Waals surface area contributed by atoms with Gasteiger partial charge in [-0.2, -0.15) is 31.4 Å². The first-order valence-electron chi connectivity index (χ1n) is 12.3. The van der Waals surface area contributed by atoms with Gasteiger partial charge in [0, 0.05) is 25.5 Å². The highest BCUT2D eigenvalue weighted by Crippen LogP contribution is 2.36. The molecule has 40 heavy (non-hydrogen) atoms. The molecule has 3 aromatic rings. The van der Waals surface area contributed by atoms with Gasteiger partial charge < -0.3 is 9.64 Å². The second-order valence-corrected chi connectivity index (χ2v) is 9.78. The lowest BCUT2D eigenvalue weighted by molar-refractivity contribution is -0.141. The summed E-state index contributed by atoms with van der Waals surface area (Å²) in [6.45, 7) is 0.899. The molecule has 1 N–H and O–H groups in total. The van der Waals surface area contributed by atoms with E-state index in [-0.39, 0.29) is 17.3 Å². The summed E-state index contributed by atoms with van der Waals surface area (Å²) in [5.41, 5.74) is -2.51. The van der Waals surface area contributed by atoms with E-state index < -0.39 is 46.7 Å². The summed E-state index contributed by atoms with van der Waals surface area (Å²) >= 11 is 0. The molecule has 1 aliphatic heterocycles. The smallest absolute Gasteiger partial charge is 0.425 e. The van der Waals surface area contributed by atoms with Crippen LogP contribution in [-0.2, 0) is 18.9 Å². The molecule has 0 bridgehead atoms. The van der Waals surface area contributed by atoms with E-state index in [9.17, 15) is 35.5 Å². The summed E-state index contributed by atoms with van der Waals surface area (Å²) < 4.78 is 99.0. The van der Waals surface area contributed by atoms with Crippen LogP contribution in [0, 0.1) is 11.7 Å². The van der Waals surface area contributed by atoms with Crippen molar-refractivity contribution in [1.29, 1.82) is 0 Å². The summed E-state index contributed by atoms with van der Waals surface area (Å²) in [7, 11) is 0. The van der Waals surface area contributed by atoms with Crippen molar-refractivity contribution in [2.75, 3.05) is 6.54 Å². The standard InChI is InChI=1S/C26H22F7N5O2/c27-20-8-16-13-38(5-4-15(16)7-19(20)23-34-9-17(10-35-23)25(28,29)30)12-14-2-1-3-18(6-14)40-21-11-36-37-24(39)22(21)26(31,32)33/h4-5,7-11,14,18H,1-3,6,12-13H2,(H,37,39)/t14-,18+/m1/s1. The maximum atomic E-state index is 14.9. The molecular formula is C26H22F7N5O2. The van der Waals surface area contributed by atoms with Crippen molar-refractivity contribution in [1.82, 2.24) is 25.1 Å². The molecule has 2 aliphatic rings. The van der Waals surface area contributed by atoms with Crippen molar-refractivity contribution < 1.29 is 35.5 Å². The van der Waals surface area contributed by atoms with E-state index in [1.54, 1.807) is 11.2 Å². The van der Waals surface area contributed by atoms with Gasteiger partial charge in [-0.3, -0.25) is 4.79 Å². The molecule has 5 rings (SSSR count). The number of fused-ring (bicyclic) bond motifs is 1. The molecule has 0 unspecified atom stereocenters. The Morgan fingerprint density at radius 2 is 1.77 bits per heavy atom. The zero-order valence-electron chi connectivity index (χ0n) is 20.7. The minimum atomic E-state index is -4.89. The number of hydrogen-bond donors (Lipinski definition) is 1. The van der Waals surface area contributed by atoms with Crippen molar-refractivity contribution in [2.24, 2.45) is 5.92 Å². The van der Waals surface area contributed by atoms with Gasteiger partial charge in [-0.15, -0.1) is 0 Å². The van der Waals surface area contributed by atoms with Crippen molar-refractivity contribution in [3.05, 3.63) is 75.3 Å². The number of hydrogen-bond acceptors (Lipinski definition) is 6. The normalized spacial score (nSPS) is 19.4. The van der Waals surface area contributed by atoms with Crippen LogP contribution in [0.4, 0.5) is 30.7 Å². The third-order valence-electron chi connectivity index (χ3n) is 6.91. The molecule has 7 nitrogen and oxygen atoms in total. The fourth-order valence-corrected chi connectivity index (χ4v) is 5.06. The zero-order valence-corrected chi connectivity index (χ0v) is 20.7. The monoisotopic (exact) mass is 569 g/mol. The first kappa shape index (κ1) is 27.6. The van der Waals surface area contributed by atoms with Gasteiger partial charge in [-0.1, -0.05) is 0 Å². The molecule has 1 saturated carbocycles. The van der Waals surface area contributed by atoms with Crippen molar-refractivity contribution in [3.8, 4) is 17.1 Å². The summed E-state index contributed by atoms with van der Waals surface area (Å²) in [6.07, 6.45) is -1.88. The maximum Gasteiger partial charge on any atom is 0.425 e. The average Bonchev–Trinajstić information content (AvgIpc) is 2.87. The molecule has 0 amide bonds. The lowest BCUT2D eigenvalue weighted by Crippen LogP contribution is -2.34. The highest BCUT2D eigenvalue weighted by Gasteiger charge is 2.39. The highest BCUT2D eigenvalue weighted by atomic mass is 19.4. The molecule has 1 fully saturated rings. The molecule has 14 heteroatoms. The summed E-state index contributed by atoms with van der Waals surface area (Å²) in [6, 6.07) is 2.78. The summed E-state index contributed by atoms with van der Waals surface area (Å²) in [5.74, 6) is -1.37. The van der Waals surface area contributed by atoms with Crippen molar-refractivity contribution in [2.45, 2.75) is 50.7 Å². The number of H-pyrrole nitrogens is 1. The van der Waals surface area contributed by atoms with Crippen LogP contribution in [0.25, 0.3) is 17.5 Å². The molecule has 1 aromatic carbocycles. The average molecular weight is 569 g/mol. The second kappa shape index (κ2) is 10.5. The largest absolute Gasteiger partial charge is 0.488 e. The van der Waals surface area contributed by atoms with E-state index in [1.807, 2.05) is 11.1 Å². The number of benzene rings is 1. The fourth-order valence-electron chi connectivity index (χ4n) is 5.06. The number of ether oxygens (including phenoxy) is 1. The Labute approximate surface area is 222 Å². The fraction of sp³-hybridized carbons (Fsp3) is 0.385. The molecule has 212 valence electrons. The minimum Gasteiger partial charge on any atom is -0.488 e. The topological polar surface area (TPSA) is 84.0 Å². The van der Waals surface area contributed by atoms with Crippen LogP contribution in [-0.4, -0.2) is 37.7 Å². The van der Waals surface area contributed by atoms with Gasteiger partial charge >= 0.3 is 12.4 Å². The van der Waals surface area contributed by atoms with E-state index in [4.69, 9.17) is 4.74 Å². The number of rotatable bonds is 5. The molecule has 0 radical (unpaired) electrons. The Morgan fingerprint density at radius 1 is 1.02 bits per heavy atom. The van der Waals surface area contributed by atoms with Crippen molar-refractivity contribution in [3.63, 3.8) is 0 Å². The van der Waals surface area contributed by atoms with Gasteiger partial charge in [0.25, 0.3) is 5.56 Å². The number of aromatic amines is 1. The highest BCUT2D eigenvalue weighted by molar-refractivity contribution is 5.66. The predicted octanol–water partition coefficient (Wildman–Crippen LogP) is 5.83. The Bertz CT molecular complexity index is 1470. The van der Waals surface area contributed by atoms with Crippen LogP contribution in [0.5, 0.6) is 5.75 Å². The Hall–Kier alpha value is -3.97. The molecule has 2 aromatic heterocycles. The number of nitrogens with one attached hydrogen (secondary N) is 1. The van der Waals surface area contributed by atoms with E-state index in [0.29, 0.717) is 55.9 Å². The summed E-state index contributed by atoms with van der Waals surface area (Å²) in [4.78, 5) is 21.0. The Balaban J connectivity index is 1.25.